The SMILES string of the molecule is CCOC(=O)C(Cc1ccccc1)CP(=O)(CO)OCC. The zero-order valence-electron chi connectivity index (χ0n) is 12.5. The van der Waals surface area contributed by atoms with Crippen molar-refractivity contribution in [3.8, 4) is 0 Å². The van der Waals surface area contributed by atoms with Gasteiger partial charge in [0, 0.05) is 6.16 Å². The van der Waals surface area contributed by atoms with Crippen LogP contribution in [0.3, 0.4) is 0 Å². The highest BCUT2D eigenvalue weighted by molar-refractivity contribution is 7.58. The molecule has 0 radical (unpaired) electrons. The van der Waals surface area contributed by atoms with Gasteiger partial charge >= 0.3 is 5.97 Å². The first kappa shape index (κ1) is 17.9. The number of aliphatic hydroxyl groups is 1. The molecule has 0 aliphatic rings. The Morgan fingerprint density at radius 1 is 1.24 bits per heavy atom. The average molecular weight is 314 g/mol. The van der Waals surface area contributed by atoms with Crippen LogP contribution in [0.4, 0.5) is 0 Å². The number of hydrogen-bond acceptors (Lipinski definition) is 5. The lowest BCUT2D eigenvalue weighted by Gasteiger charge is -2.21. The lowest BCUT2D eigenvalue weighted by Crippen LogP contribution is -2.24. The minimum Gasteiger partial charge on any atom is -0.466 e. The van der Waals surface area contributed by atoms with Crippen molar-refractivity contribution >= 4 is 13.3 Å². The predicted octanol–water partition coefficient (Wildman–Crippen LogP) is 2.67. The summed E-state index contributed by atoms with van der Waals surface area (Å²) in [6, 6.07) is 9.45. The average Bonchev–Trinajstić information content (AvgIpc) is 2.48. The van der Waals surface area contributed by atoms with Crippen LogP contribution in [-0.2, 0) is 25.0 Å². The quantitative estimate of drug-likeness (QED) is 0.560. The standard InChI is InChI=1S/C15H23O5P/c1-3-19-15(17)14(10-13-8-6-5-7-9-13)11-21(18,12-16)20-4-2/h5-9,14,16H,3-4,10-12H2,1-2H3. The largest absolute Gasteiger partial charge is 0.466 e. The summed E-state index contributed by atoms with van der Waals surface area (Å²) in [7, 11) is -3.22. The van der Waals surface area contributed by atoms with E-state index in [4.69, 9.17) is 9.26 Å². The van der Waals surface area contributed by atoms with E-state index in [2.05, 4.69) is 0 Å². The molecule has 5 nitrogen and oxygen atoms in total. The van der Waals surface area contributed by atoms with Crippen LogP contribution in [0.5, 0.6) is 0 Å². The van der Waals surface area contributed by atoms with E-state index < -0.39 is 25.6 Å². The van der Waals surface area contributed by atoms with Crippen molar-refractivity contribution in [2.24, 2.45) is 5.92 Å². The molecule has 2 unspecified atom stereocenters. The van der Waals surface area contributed by atoms with Crippen LogP contribution >= 0.6 is 7.37 Å². The van der Waals surface area contributed by atoms with Crippen LogP contribution < -0.4 is 0 Å². The second-order valence-electron chi connectivity index (χ2n) is 4.70. The van der Waals surface area contributed by atoms with E-state index >= 15 is 0 Å². The van der Waals surface area contributed by atoms with Crippen LogP contribution in [0.1, 0.15) is 19.4 Å². The maximum absolute atomic E-state index is 12.4. The molecule has 0 saturated carbocycles. The third kappa shape index (κ3) is 6.00. The van der Waals surface area contributed by atoms with Crippen LogP contribution in [0.2, 0.25) is 0 Å². The van der Waals surface area contributed by atoms with Gasteiger partial charge in [-0.3, -0.25) is 9.36 Å². The molecule has 0 bridgehead atoms. The normalized spacial score (nSPS) is 15.2. The number of hydrogen-bond donors (Lipinski definition) is 1. The summed E-state index contributed by atoms with van der Waals surface area (Å²) in [5, 5.41) is 9.30. The highest BCUT2D eigenvalue weighted by atomic mass is 31.2. The fraction of sp³-hybridized carbons (Fsp3) is 0.533. The van der Waals surface area contributed by atoms with Crippen LogP contribution in [-0.4, -0.2) is 36.8 Å². The summed E-state index contributed by atoms with van der Waals surface area (Å²) in [4.78, 5) is 12.1. The van der Waals surface area contributed by atoms with Crippen LogP contribution in [0, 0.1) is 5.92 Å². The third-order valence-electron chi connectivity index (χ3n) is 3.02. The van der Waals surface area contributed by atoms with E-state index in [0.717, 1.165) is 5.56 Å². The molecule has 1 aromatic rings. The molecule has 2 atom stereocenters. The molecule has 1 aromatic carbocycles. The number of aliphatic hydroxyl groups excluding tert-OH is 1. The van der Waals surface area contributed by atoms with Gasteiger partial charge in [0.1, 0.15) is 6.35 Å². The minimum atomic E-state index is -3.22. The van der Waals surface area contributed by atoms with Crippen molar-refractivity contribution in [3.05, 3.63) is 35.9 Å². The minimum absolute atomic E-state index is 0.00886. The number of ether oxygens (including phenoxy) is 1. The maximum atomic E-state index is 12.4. The van der Waals surface area contributed by atoms with Gasteiger partial charge < -0.3 is 14.4 Å². The van der Waals surface area contributed by atoms with E-state index in [1.54, 1.807) is 13.8 Å². The molecule has 21 heavy (non-hydrogen) atoms. The Bertz CT molecular complexity index is 474. The van der Waals surface area contributed by atoms with Gasteiger partial charge in [-0.15, -0.1) is 0 Å². The number of rotatable bonds is 9. The van der Waals surface area contributed by atoms with Gasteiger partial charge in [0.05, 0.1) is 19.1 Å². The molecule has 0 fully saturated rings. The first-order valence-electron chi connectivity index (χ1n) is 7.08. The molecule has 0 amide bonds. The lowest BCUT2D eigenvalue weighted by molar-refractivity contribution is -0.147. The summed E-state index contributed by atoms with van der Waals surface area (Å²) in [5.74, 6) is -0.994. The molecule has 1 rings (SSSR count). The van der Waals surface area contributed by atoms with Crippen molar-refractivity contribution in [1.82, 2.24) is 0 Å². The van der Waals surface area contributed by atoms with Gasteiger partial charge in [-0.1, -0.05) is 30.3 Å². The zero-order valence-corrected chi connectivity index (χ0v) is 13.4. The molecule has 118 valence electrons. The molecular weight excluding hydrogens is 291 g/mol. The summed E-state index contributed by atoms with van der Waals surface area (Å²) in [6.07, 6.45) is -0.159. The Morgan fingerprint density at radius 2 is 1.90 bits per heavy atom. The number of benzene rings is 1. The van der Waals surface area contributed by atoms with Crippen LogP contribution in [0.15, 0.2) is 30.3 Å². The van der Waals surface area contributed by atoms with Gasteiger partial charge in [-0.05, 0) is 25.8 Å². The number of carbonyl (C=O) groups is 1. The number of carbonyl (C=O) groups excluding carboxylic acids is 1. The molecule has 0 aromatic heterocycles. The summed E-state index contributed by atoms with van der Waals surface area (Å²) in [5.41, 5.74) is 0.955. The summed E-state index contributed by atoms with van der Waals surface area (Å²) >= 11 is 0. The van der Waals surface area contributed by atoms with Crippen molar-refractivity contribution in [2.45, 2.75) is 20.3 Å². The number of esters is 1. The smallest absolute Gasteiger partial charge is 0.309 e. The third-order valence-corrected chi connectivity index (χ3v) is 5.18. The van der Waals surface area contributed by atoms with Crippen LogP contribution in [0.25, 0.3) is 0 Å². The first-order valence-corrected chi connectivity index (χ1v) is 9.08. The lowest BCUT2D eigenvalue weighted by atomic mass is 10.0. The Kier molecular flexibility index (Phi) is 7.65. The summed E-state index contributed by atoms with van der Waals surface area (Å²) in [6.45, 7) is 3.94. The topological polar surface area (TPSA) is 72.8 Å². The van der Waals surface area contributed by atoms with E-state index in [9.17, 15) is 14.5 Å². The second-order valence-corrected chi connectivity index (χ2v) is 7.23. The fourth-order valence-corrected chi connectivity index (χ4v) is 3.83. The summed E-state index contributed by atoms with van der Waals surface area (Å²) < 4.78 is 22.6. The second kappa shape index (κ2) is 8.98. The molecule has 0 saturated heterocycles. The molecule has 0 heterocycles. The van der Waals surface area contributed by atoms with E-state index in [0.29, 0.717) is 6.42 Å². The van der Waals surface area contributed by atoms with Crippen molar-refractivity contribution < 1.29 is 23.7 Å². The van der Waals surface area contributed by atoms with Crippen molar-refractivity contribution in [2.75, 3.05) is 25.7 Å². The van der Waals surface area contributed by atoms with Gasteiger partial charge in [0.15, 0.2) is 0 Å². The maximum Gasteiger partial charge on any atom is 0.309 e. The Balaban J connectivity index is 2.86. The Morgan fingerprint density at radius 3 is 2.43 bits per heavy atom. The van der Waals surface area contributed by atoms with E-state index in [-0.39, 0.29) is 19.4 Å². The predicted molar refractivity (Wildman–Crippen MR) is 81.5 cm³/mol. The van der Waals surface area contributed by atoms with Crippen molar-refractivity contribution in [1.29, 1.82) is 0 Å². The zero-order chi connectivity index (χ0) is 15.7. The highest BCUT2D eigenvalue weighted by Gasteiger charge is 2.31. The molecule has 6 heteroatoms. The van der Waals surface area contributed by atoms with E-state index in [1.165, 1.54) is 0 Å². The molecule has 0 aliphatic carbocycles. The van der Waals surface area contributed by atoms with Gasteiger partial charge in [-0.2, -0.15) is 0 Å². The first-order chi connectivity index (χ1) is 10.0. The Hall–Kier alpha value is -1.16. The monoisotopic (exact) mass is 314 g/mol. The molecule has 0 spiro atoms. The van der Waals surface area contributed by atoms with E-state index in [1.807, 2.05) is 30.3 Å². The highest BCUT2D eigenvalue weighted by Crippen LogP contribution is 2.47. The van der Waals surface area contributed by atoms with Crippen molar-refractivity contribution in [3.63, 3.8) is 0 Å². The van der Waals surface area contributed by atoms with Gasteiger partial charge in [0.2, 0.25) is 7.37 Å². The van der Waals surface area contributed by atoms with Gasteiger partial charge in [0.25, 0.3) is 0 Å². The molecule has 1 N–H and O–H groups in total. The van der Waals surface area contributed by atoms with Gasteiger partial charge in [-0.25, -0.2) is 0 Å². The fourth-order valence-electron chi connectivity index (χ4n) is 2.10. The molecule has 0 aliphatic heterocycles. The molecular formula is C15H23O5P. The Labute approximate surface area is 125 Å².